The number of halogens is 1. The number of hydrogen-bond acceptors (Lipinski definition) is 4. The van der Waals surface area contributed by atoms with Gasteiger partial charge in [-0.3, -0.25) is 0 Å². The zero-order valence-corrected chi connectivity index (χ0v) is 11.8. The summed E-state index contributed by atoms with van der Waals surface area (Å²) in [5.74, 6) is 0. The normalized spacial score (nSPS) is 12.6. The van der Waals surface area contributed by atoms with Crippen LogP contribution >= 0.6 is 15.9 Å². The van der Waals surface area contributed by atoms with Gasteiger partial charge in [0.1, 0.15) is 4.66 Å². The van der Waals surface area contributed by atoms with Crippen molar-refractivity contribution < 1.29 is 16.8 Å². The van der Waals surface area contributed by atoms with Gasteiger partial charge < -0.3 is 0 Å². The van der Waals surface area contributed by atoms with E-state index in [-0.39, 0.29) is 16.1 Å². The molecule has 6 nitrogen and oxygen atoms in total. The lowest BCUT2D eigenvalue weighted by molar-refractivity contribution is 0.586. The van der Waals surface area contributed by atoms with E-state index in [2.05, 4.69) is 20.7 Å². The first-order chi connectivity index (χ1) is 7.74. The molecule has 0 fully saturated rings. The summed E-state index contributed by atoms with van der Waals surface area (Å²) in [6, 6.07) is 5.65. The minimum atomic E-state index is -3.71. The number of sulfonamides is 2. The molecule has 0 aliphatic rings. The third-order valence-electron chi connectivity index (χ3n) is 1.89. The van der Waals surface area contributed by atoms with Crippen molar-refractivity contribution >= 4 is 36.0 Å². The molecule has 0 spiro atoms. The van der Waals surface area contributed by atoms with Crippen LogP contribution < -0.4 is 9.86 Å². The summed E-state index contributed by atoms with van der Waals surface area (Å²) in [4.78, 5) is -0.00963. The molecule has 0 radical (unpaired) electrons. The van der Waals surface area contributed by atoms with E-state index in [0.29, 0.717) is 5.56 Å². The molecule has 0 heterocycles. The van der Waals surface area contributed by atoms with Crippen LogP contribution in [-0.4, -0.2) is 21.5 Å². The largest absolute Gasteiger partial charge is 0.238 e. The van der Waals surface area contributed by atoms with E-state index in [9.17, 15) is 16.8 Å². The first-order valence-corrected chi connectivity index (χ1v) is 8.72. The van der Waals surface area contributed by atoms with E-state index >= 15 is 0 Å². The first kappa shape index (κ1) is 14.6. The zero-order valence-electron chi connectivity index (χ0n) is 8.63. The molecule has 0 aliphatic heterocycles. The summed E-state index contributed by atoms with van der Waals surface area (Å²) in [5.41, 5.74) is 0.641. The lowest BCUT2D eigenvalue weighted by Crippen LogP contribution is -2.23. The number of hydrogen-bond donors (Lipinski definition) is 2. The summed E-state index contributed by atoms with van der Waals surface area (Å²) in [5, 5.41) is 4.93. The molecule has 1 aromatic rings. The van der Waals surface area contributed by atoms with Gasteiger partial charge in [0.2, 0.25) is 20.0 Å². The molecular formula is C8H11BrN2O4S2. The van der Waals surface area contributed by atoms with Crippen LogP contribution in [0.1, 0.15) is 5.56 Å². The Hall–Kier alpha value is -0.480. The van der Waals surface area contributed by atoms with Gasteiger partial charge >= 0.3 is 0 Å². The van der Waals surface area contributed by atoms with E-state index < -0.39 is 20.0 Å². The molecule has 1 aromatic carbocycles. The highest BCUT2D eigenvalue weighted by molar-refractivity contribution is 9.10. The smallest absolute Gasteiger partial charge is 0.225 e. The van der Waals surface area contributed by atoms with Crippen LogP contribution in [-0.2, 0) is 26.6 Å². The lowest BCUT2D eigenvalue weighted by atomic mass is 10.2. The maximum absolute atomic E-state index is 11.1. The Kier molecular flexibility index (Phi) is 4.67. The average molecular weight is 343 g/mol. The second-order valence-corrected chi connectivity index (χ2v) is 7.91. The van der Waals surface area contributed by atoms with Crippen LogP contribution in [0, 0.1) is 0 Å². The van der Waals surface area contributed by atoms with Gasteiger partial charge in [-0.25, -0.2) is 26.7 Å². The summed E-state index contributed by atoms with van der Waals surface area (Å²) in [7, 11) is -7.05. The van der Waals surface area contributed by atoms with E-state index in [1.165, 1.54) is 24.3 Å². The highest BCUT2D eigenvalue weighted by Gasteiger charge is 2.09. The van der Waals surface area contributed by atoms with Crippen molar-refractivity contribution in [3.63, 3.8) is 0 Å². The molecule has 0 aromatic heterocycles. The van der Waals surface area contributed by atoms with Crippen LogP contribution in [0.15, 0.2) is 29.2 Å². The summed E-state index contributed by atoms with van der Waals surface area (Å²) in [6.07, 6.45) is 0. The highest BCUT2D eigenvalue weighted by Crippen LogP contribution is 2.08. The zero-order chi connectivity index (χ0) is 13.1. The Bertz CT molecular complexity index is 580. The molecule has 0 unspecified atom stereocenters. The highest BCUT2D eigenvalue weighted by atomic mass is 79.9. The van der Waals surface area contributed by atoms with E-state index in [1.807, 2.05) is 0 Å². The van der Waals surface area contributed by atoms with Crippen LogP contribution in [0.4, 0.5) is 0 Å². The van der Waals surface area contributed by atoms with Gasteiger partial charge in [-0.1, -0.05) is 28.1 Å². The topological polar surface area (TPSA) is 106 Å². The first-order valence-electron chi connectivity index (χ1n) is 4.40. The Labute approximate surface area is 108 Å². The molecule has 0 aliphatic carbocycles. The maximum atomic E-state index is 11.1. The van der Waals surface area contributed by atoms with Gasteiger partial charge in [0.25, 0.3) is 0 Å². The minimum absolute atomic E-state index is 0.00963. The second kappa shape index (κ2) is 5.44. The molecule has 0 amide bonds. The van der Waals surface area contributed by atoms with Gasteiger partial charge in [-0.15, -0.1) is 0 Å². The molecule has 3 N–H and O–H groups in total. The molecular weight excluding hydrogens is 332 g/mol. The third-order valence-corrected chi connectivity index (χ3v) is 5.50. The maximum Gasteiger partial charge on any atom is 0.238 e. The molecule has 17 heavy (non-hydrogen) atoms. The summed E-state index contributed by atoms with van der Waals surface area (Å²) < 4.78 is 46.3. The van der Waals surface area contributed by atoms with Crippen molar-refractivity contribution in [2.24, 2.45) is 5.14 Å². The van der Waals surface area contributed by atoms with Crippen molar-refractivity contribution in [3.8, 4) is 0 Å². The quantitative estimate of drug-likeness (QED) is 0.740. The van der Waals surface area contributed by atoms with Crippen LogP contribution in [0.25, 0.3) is 0 Å². The second-order valence-electron chi connectivity index (χ2n) is 3.23. The van der Waals surface area contributed by atoms with Gasteiger partial charge in [-0.05, 0) is 17.7 Å². The number of nitrogens with one attached hydrogen (secondary N) is 1. The van der Waals surface area contributed by atoms with Crippen molar-refractivity contribution in [2.75, 3.05) is 4.66 Å². The van der Waals surface area contributed by atoms with Gasteiger partial charge in [0.05, 0.1) is 4.90 Å². The van der Waals surface area contributed by atoms with E-state index in [1.54, 1.807) is 0 Å². The Morgan fingerprint density at radius 3 is 2.06 bits per heavy atom. The molecule has 0 bridgehead atoms. The summed E-state index contributed by atoms with van der Waals surface area (Å²) in [6.45, 7) is 0.0961. The predicted molar refractivity (Wildman–Crippen MR) is 67.4 cm³/mol. The average Bonchev–Trinajstić information content (AvgIpc) is 2.26. The minimum Gasteiger partial charge on any atom is -0.225 e. The Morgan fingerprint density at radius 2 is 1.65 bits per heavy atom. The van der Waals surface area contributed by atoms with E-state index in [0.717, 1.165) is 0 Å². The van der Waals surface area contributed by atoms with Crippen molar-refractivity contribution in [2.45, 2.75) is 11.4 Å². The fourth-order valence-corrected chi connectivity index (χ4v) is 2.49. The van der Waals surface area contributed by atoms with Gasteiger partial charge in [0, 0.05) is 6.54 Å². The van der Waals surface area contributed by atoms with Crippen LogP contribution in [0.2, 0.25) is 0 Å². The lowest BCUT2D eigenvalue weighted by Gasteiger charge is -2.04. The molecule has 0 saturated heterocycles. The van der Waals surface area contributed by atoms with Gasteiger partial charge in [-0.2, -0.15) is 0 Å². The third kappa shape index (κ3) is 4.72. The molecule has 0 atom stereocenters. The Balaban J connectivity index is 2.77. The molecule has 9 heteroatoms. The number of benzene rings is 1. The standard InChI is InChI=1S/C8H11BrN2O4S2/c9-6-16(12,13)11-5-7-1-3-8(4-2-7)17(10,14)15/h1-4,11H,5-6H2,(H2,10,14,15). The summed E-state index contributed by atoms with van der Waals surface area (Å²) >= 11 is 2.84. The SMILES string of the molecule is NS(=O)(=O)c1ccc(CNS(=O)(=O)CBr)cc1. The molecule has 1 rings (SSSR count). The predicted octanol–water partition coefficient (Wildman–Crippen LogP) is 0.106. The number of alkyl halides is 1. The van der Waals surface area contributed by atoms with Gasteiger partial charge in [0.15, 0.2) is 0 Å². The fraction of sp³-hybridized carbons (Fsp3) is 0.250. The number of primary sulfonamides is 1. The van der Waals surface area contributed by atoms with E-state index in [4.69, 9.17) is 5.14 Å². The Morgan fingerprint density at radius 1 is 1.12 bits per heavy atom. The van der Waals surface area contributed by atoms with Crippen molar-refractivity contribution in [1.29, 1.82) is 0 Å². The number of nitrogens with two attached hydrogens (primary N) is 1. The van der Waals surface area contributed by atoms with Crippen LogP contribution in [0.3, 0.4) is 0 Å². The van der Waals surface area contributed by atoms with Crippen LogP contribution in [0.5, 0.6) is 0 Å². The number of rotatable bonds is 5. The monoisotopic (exact) mass is 342 g/mol. The molecule has 0 saturated carbocycles. The van der Waals surface area contributed by atoms with Crippen molar-refractivity contribution in [1.82, 2.24) is 4.72 Å². The van der Waals surface area contributed by atoms with Crippen molar-refractivity contribution in [3.05, 3.63) is 29.8 Å². The fourth-order valence-electron chi connectivity index (χ4n) is 1.03. The molecule has 96 valence electrons.